The summed E-state index contributed by atoms with van der Waals surface area (Å²) in [6, 6.07) is 13.7. The molecule has 0 atom stereocenters. The molecule has 9 heteroatoms. The van der Waals surface area contributed by atoms with Gasteiger partial charge in [0.25, 0.3) is 0 Å². The molecule has 37 heavy (non-hydrogen) atoms. The predicted octanol–water partition coefficient (Wildman–Crippen LogP) is 7.77. The van der Waals surface area contributed by atoms with Gasteiger partial charge in [-0.2, -0.15) is 13.2 Å². The van der Waals surface area contributed by atoms with Crippen molar-refractivity contribution in [2.24, 2.45) is 0 Å². The van der Waals surface area contributed by atoms with Crippen molar-refractivity contribution in [3.8, 4) is 11.3 Å². The molecule has 0 N–H and O–H groups in total. The maximum absolute atomic E-state index is 14.1. The summed E-state index contributed by atoms with van der Waals surface area (Å²) in [6.45, 7) is 7.25. The molecule has 4 rings (SSSR count). The molecule has 3 aromatic rings. The summed E-state index contributed by atoms with van der Waals surface area (Å²) < 4.78 is 47.5. The molecule has 0 spiro atoms. The normalized spacial score (nSPS) is 14.7. The Morgan fingerprint density at radius 1 is 1.08 bits per heavy atom. The van der Waals surface area contributed by atoms with E-state index in [0.717, 1.165) is 27.9 Å². The topological polar surface area (TPSA) is 55.3 Å². The van der Waals surface area contributed by atoms with Gasteiger partial charge in [0.05, 0.1) is 17.9 Å². The summed E-state index contributed by atoms with van der Waals surface area (Å²) in [4.78, 5) is 23.3. The van der Waals surface area contributed by atoms with Crippen LogP contribution in [0, 0.1) is 0 Å². The molecule has 1 saturated heterocycles. The van der Waals surface area contributed by atoms with Gasteiger partial charge in [0.15, 0.2) is 0 Å². The smallest absolute Gasteiger partial charge is 0.417 e. The molecule has 1 aliphatic heterocycles. The molecule has 1 aliphatic rings. The molecule has 1 aromatic heterocycles. The van der Waals surface area contributed by atoms with Gasteiger partial charge in [0.2, 0.25) is 0 Å². The lowest BCUT2D eigenvalue weighted by molar-refractivity contribution is -0.139. The second-order valence-corrected chi connectivity index (χ2v) is 10.4. The molecule has 0 radical (unpaired) electrons. The number of carbonyl (C=O) groups is 1. The molecule has 0 bridgehead atoms. The van der Waals surface area contributed by atoms with Crippen molar-refractivity contribution in [2.75, 3.05) is 19.7 Å². The number of benzene rings is 2. The first kappa shape index (κ1) is 27.0. The molecule has 5 nitrogen and oxygen atoms in total. The largest absolute Gasteiger partial charge is 0.450 e. The van der Waals surface area contributed by atoms with Crippen molar-refractivity contribution < 1.29 is 22.7 Å². The van der Waals surface area contributed by atoms with Crippen molar-refractivity contribution in [2.45, 2.75) is 61.4 Å². The highest BCUT2D eigenvalue weighted by molar-refractivity contribution is 7.99. The van der Waals surface area contributed by atoms with Crippen molar-refractivity contribution in [3.63, 3.8) is 0 Å². The molecule has 0 saturated carbocycles. The lowest BCUT2D eigenvalue weighted by Crippen LogP contribution is -2.38. The maximum atomic E-state index is 14.1. The number of amides is 1. The van der Waals surface area contributed by atoms with Gasteiger partial charge in [-0.05, 0) is 55.5 Å². The highest BCUT2D eigenvalue weighted by Crippen LogP contribution is 2.43. The van der Waals surface area contributed by atoms with Crippen LogP contribution in [0.1, 0.15) is 62.3 Å². The van der Waals surface area contributed by atoms with E-state index in [1.165, 1.54) is 18.5 Å². The fraction of sp³-hybridized carbons (Fsp3) is 0.393. The number of aromatic nitrogens is 2. The van der Waals surface area contributed by atoms with Gasteiger partial charge in [-0.3, -0.25) is 0 Å². The number of piperidine rings is 1. The summed E-state index contributed by atoms with van der Waals surface area (Å²) in [7, 11) is 0. The molecule has 196 valence electrons. The lowest BCUT2D eigenvalue weighted by Gasteiger charge is -2.31. The average Bonchev–Trinajstić information content (AvgIpc) is 2.89. The second kappa shape index (κ2) is 11.5. The number of rotatable bonds is 6. The first-order valence-electron chi connectivity index (χ1n) is 12.4. The minimum atomic E-state index is -4.51. The van der Waals surface area contributed by atoms with Gasteiger partial charge in [0, 0.05) is 40.1 Å². The molecule has 2 aromatic carbocycles. The molecule has 2 heterocycles. The molecule has 0 aliphatic carbocycles. The van der Waals surface area contributed by atoms with E-state index in [-0.39, 0.29) is 22.8 Å². The van der Waals surface area contributed by atoms with Crippen LogP contribution in [0.5, 0.6) is 0 Å². The van der Waals surface area contributed by atoms with Gasteiger partial charge in [0.1, 0.15) is 6.33 Å². The Hall–Kier alpha value is -3.07. The average molecular weight is 530 g/mol. The third kappa shape index (κ3) is 6.44. The first-order chi connectivity index (χ1) is 17.7. The summed E-state index contributed by atoms with van der Waals surface area (Å²) in [6.07, 6.45) is -2.03. The number of likely N-dealkylation sites (tertiary alicyclic amines) is 1. The summed E-state index contributed by atoms with van der Waals surface area (Å²) >= 11 is 1.14. The zero-order valence-electron chi connectivity index (χ0n) is 21.1. The summed E-state index contributed by atoms with van der Waals surface area (Å²) in [5.74, 6) is 0.290. The maximum Gasteiger partial charge on any atom is 0.417 e. The zero-order valence-corrected chi connectivity index (χ0v) is 21.9. The third-order valence-electron chi connectivity index (χ3n) is 6.47. The van der Waals surface area contributed by atoms with Crippen molar-refractivity contribution in [1.82, 2.24) is 14.9 Å². The Morgan fingerprint density at radius 3 is 2.49 bits per heavy atom. The van der Waals surface area contributed by atoms with Crippen LogP contribution >= 0.6 is 11.8 Å². The van der Waals surface area contributed by atoms with Crippen LogP contribution in [0.2, 0.25) is 0 Å². The monoisotopic (exact) mass is 529 g/mol. The summed E-state index contributed by atoms with van der Waals surface area (Å²) in [5, 5.41) is 0. The Bertz CT molecular complexity index is 1240. The standard InChI is InChI=1S/C28H30F3N3O2S/c1-4-36-27(35)34-13-11-19(12-14-34)23-16-24(33-17-32-23)20-9-10-26(22(15-20)28(29,30)31)37-25-8-6-5-7-21(25)18(2)3/h5-10,15-19H,4,11-14H2,1-3H3. The van der Waals surface area contributed by atoms with E-state index in [0.29, 0.717) is 43.8 Å². The van der Waals surface area contributed by atoms with Crippen LogP contribution in [0.25, 0.3) is 11.3 Å². The van der Waals surface area contributed by atoms with Gasteiger partial charge in [-0.15, -0.1) is 0 Å². The van der Waals surface area contributed by atoms with E-state index in [1.54, 1.807) is 24.0 Å². The zero-order chi connectivity index (χ0) is 26.6. The van der Waals surface area contributed by atoms with Crippen molar-refractivity contribution in [3.05, 3.63) is 71.7 Å². The Balaban J connectivity index is 1.59. The lowest BCUT2D eigenvalue weighted by atomic mass is 9.92. The molecule has 1 amide bonds. The molecule has 0 unspecified atom stereocenters. The van der Waals surface area contributed by atoms with Gasteiger partial charge in [-0.25, -0.2) is 14.8 Å². The molecule has 1 fully saturated rings. The van der Waals surface area contributed by atoms with Crippen LogP contribution in [-0.2, 0) is 10.9 Å². The van der Waals surface area contributed by atoms with Gasteiger partial charge >= 0.3 is 12.3 Å². The van der Waals surface area contributed by atoms with Crippen LogP contribution in [0.15, 0.2) is 64.6 Å². The van der Waals surface area contributed by atoms with E-state index in [4.69, 9.17) is 4.74 Å². The highest BCUT2D eigenvalue weighted by atomic mass is 32.2. The van der Waals surface area contributed by atoms with Crippen LogP contribution < -0.4 is 0 Å². The van der Waals surface area contributed by atoms with E-state index in [1.807, 2.05) is 38.1 Å². The van der Waals surface area contributed by atoms with Gasteiger partial charge < -0.3 is 9.64 Å². The van der Waals surface area contributed by atoms with Crippen LogP contribution in [0.4, 0.5) is 18.0 Å². The summed E-state index contributed by atoms with van der Waals surface area (Å²) in [5.41, 5.74) is 1.94. The number of ether oxygens (including phenoxy) is 1. The number of alkyl halides is 3. The number of nitrogens with zero attached hydrogens (tertiary/aromatic N) is 3. The SMILES string of the molecule is CCOC(=O)N1CCC(c2cc(-c3ccc(Sc4ccccc4C(C)C)c(C(F)(F)F)c3)ncn2)CC1. The number of hydrogen-bond donors (Lipinski definition) is 0. The number of carbonyl (C=O) groups excluding carboxylic acids is 1. The van der Waals surface area contributed by atoms with E-state index >= 15 is 0 Å². The van der Waals surface area contributed by atoms with Crippen LogP contribution in [-0.4, -0.2) is 40.7 Å². The second-order valence-electron chi connectivity index (χ2n) is 9.29. The first-order valence-corrected chi connectivity index (χ1v) is 13.2. The van der Waals surface area contributed by atoms with Crippen LogP contribution in [0.3, 0.4) is 0 Å². The van der Waals surface area contributed by atoms with E-state index in [9.17, 15) is 18.0 Å². The number of halogens is 3. The highest BCUT2D eigenvalue weighted by Gasteiger charge is 2.34. The molecular weight excluding hydrogens is 499 g/mol. The van der Waals surface area contributed by atoms with E-state index < -0.39 is 11.7 Å². The van der Waals surface area contributed by atoms with Crippen molar-refractivity contribution in [1.29, 1.82) is 0 Å². The fourth-order valence-corrected chi connectivity index (χ4v) is 5.72. The molecular formula is C28H30F3N3O2S. The Labute approximate surface area is 219 Å². The number of hydrogen-bond acceptors (Lipinski definition) is 5. The predicted molar refractivity (Wildman–Crippen MR) is 138 cm³/mol. The Morgan fingerprint density at radius 2 is 1.81 bits per heavy atom. The van der Waals surface area contributed by atoms with Crippen molar-refractivity contribution >= 4 is 17.9 Å². The minimum Gasteiger partial charge on any atom is -0.450 e. The quantitative estimate of drug-likeness (QED) is 0.326. The Kier molecular flexibility index (Phi) is 8.42. The van der Waals surface area contributed by atoms with E-state index in [2.05, 4.69) is 9.97 Å². The third-order valence-corrected chi connectivity index (χ3v) is 7.64. The minimum absolute atomic E-state index is 0.0943. The fourth-order valence-electron chi connectivity index (χ4n) is 4.49. The van der Waals surface area contributed by atoms with Gasteiger partial charge in [-0.1, -0.05) is 49.9 Å².